The molecular formula is C13H12N2O. The van der Waals surface area contributed by atoms with Crippen molar-refractivity contribution in [3.8, 4) is 0 Å². The number of anilines is 2. The van der Waals surface area contributed by atoms with Crippen LogP contribution in [0.3, 0.4) is 0 Å². The Morgan fingerprint density at radius 2 is 1.38 bits per heavy atom. The van der Waals surface area contributed by atoms with E-state index in [4.69, 9.17) is 0 Å². The van der Waals surface area contributed by atoms with Gasteiger partial charge in [-0.3, -0.25) is 0 Å². The fourth-order valence-corrected chi connectivity index (χ4v) is 1.41. The summed E-state index contributed by atoms with van der Waals surface area (Å²) in [5.41, 5.74) is 3.63. The summed E-state index contributed by atoms with van der Waals surface area (Å²) in [4.78, 5) is 10.2. The highest BCUT2D eigenvalue weighted by Crippen LogP contribution is 2.20. The number of benzene rings is 2. The van der Waals surface area contributed by atoms with E-state index in [1.807, 2.05) is 43.3 Å². The quantitative estimate of drug-likeness (QED) is 0.777. The molecule has 0 fully saturated rings. The monoisotopic (exact) mass is 212 g/mol. The first-order valence-corrected chi connectivity index (χ1v) is 5.05. The van der Waals surface area contributed by atoms with Crippen molar-refractivity contribution in [1.29, 1.82) is 0 Å². The van der Waals surface area contributed by atoms with E-state index in [9.17, 15) is 4.91 Å². The third-order valence-corrected chi connectivity index (χ3v) is 2.31. The van der Waals surface area contributed by atoms with Gasteiger partial charge in [-0.15, -0.1) is 4.91 Å². The molecule has 3 heteroatoms. The van der Waals surface area contributed by atoms with Crippen LogP contribution in [0.25, 0.3) is 0 Å². The molecule has 0 saturated carbocycles. The van der Waals surface area contributed by atoms with Crippen LogP contribution in [-0.2, 0) is 0 Å². The van der Waals surface area contributed by atoms with Gasteiger partial charge in [-0.25, -0.2) is 0 Å². The third-order valence-electron chi connectivity index (χ3n) is 2.31. The van der Waals surface area contributed by atoms with Crippen LogP contribution < -0.4 is 5.32 Å². The summed E-state index contributed by atoms with van der Waals surface area (Å²) in [6.07, 6.45) is 0. The second-order valence-electron chi connectivity index (χ2n) is 3.63. The zero-order valence-corrected chi connectivity index (χ0v) is 8.97. The van der Waals surface area contributed by atoms with E-state index in [0.29, 0.717) is 5.69 Å². The van der Waals surface area contributed by atoms with Crippen molar-refractivity contribution in [1.82, 2.24) is 0 Å². The number of aryl methyl sites for hydroxylation is 1. The predicted octanol–water partition coefficient (Wildman–Crippen LogP) is 4.14. The highest BCUT2D eigenvalue weighted by atomic mass is 16.3. The third kappa shape index (κ3) is 2.45. The smallest absolute Gasteiger partial charge is 0.108 e. The lowest BCUT2D eigenvalue weighted by molar-refractivity contribution is 1.44. The fourth-order valence-electron chi connectivity index (χ4n) is 1.41. The molecule has 0 aromatic heterocycles. The average Bonchev–Trinajstić information content (AvgIpc) is 2.33. The topological polar surface area (TPSA) is 41.5 Å². The van der Waals surface area contributed by atoms with Crippen molar-refractivity contribution in [3.05, 3.63) is 59.0 Å². The first-order valence-electron chi connectivity index (χ1n) is 5.05. The van der Waals surface area contributed by atoms with Crippen LogP contribution in [0.2, 0.25) is 0 Å². The molecule has 0 atom stereocenters. The van der Waals surface area contributed by atoms with Crippen molar-refractivity contribution in [3.63, 3.8) is 0 Å². The van der Waals surface area contributed by atoms with Crippen molar-refractivity contribution in [2.24, 2.45) is 5.18 Å². The summed E-state index contributed by atoms with van der Waals surface area (Å²) >= 11 is 0. The molecular weight excluding hydrogens is 200 g/mol. The molecule has 0 spiro atoms. The molecule has 0 radical (unpaired) electrons. The lowest BCUT2D eigenvalue weighted by atomic mass is 10.2. The largest absolute Gasteiger partial charge is 0.356 e. The summed E-state index contributed by atoms with van der Waals surface area (Å²) in [6, 6.07) is 15.1. The average molecular weight is 212 g/mol. The normalized spacial score (nSPS) is 9.81. The van der Waals surface area contributed by atoms with Gasteiger partial charge in [0.25, 0.3) is 0 Å². The lowest BCUT2D eigenvalue weighted by Crippen LogP contribution is -1.89. The van der Waals surface area contributed by atoms with E-state index in [-0.39, 0.29) is 0 Å². The lowest BCUT2D eigenvalue weighted by Gasteiger charge is -2.06. The Labute approximate surface area is 94.1 Å². The maximum Gasteiger partial charge on any atom is 0.108 e. The minimum atomic E-state index is 0.439. The number of nitrogens with zero attached hydrogens (tertiary/aromatic N) is 1. The Morgan fingerprint density at radius 1 is 0.875 bits per heavy atom. The molecule has 2 rings (SSSR count). The Morgan fingerprint density at radius 3 is 1.88 bits per heavy atom. The molecule has 3 nitrogen and oxygen atoms in total. The molecule has 0 amide bonds. The van der Waals surface area contributed by atoms with E-state index in [2.05, 4.69) is 10.5 Å². The molecule has 80 valence electrons. The molecule has 2 aromatic rings. The molecule has 0 heterocycles. The highest BCUT2D eigenvalue weighted by molar-refractivity contribution is 5.61. The van der Waals surface area contributed by atoms with Crippen LogP contribution in [0.5, 0.6) is 0 Å². The van der Waals surface area contributed by atoms with Gasteiger partial charge in [-0.1, -0.05) is 17.7 Å². The summed E-state index contributed by atoms with van der Waals surface area (Å²) in [7, 11) is 0. The number of nitroso groups, excluding NO2 is 1. The molecule has 2 aromatic carbocycles. The van der Waals surface area contributed by atoms with Crippen molar-refractivity contribution < 1.29 is 0 Å². The predicted molar refractivity (Wildman–Crippen MR) is 66.4 cm³/mol. The van der Waals surface area contributed by atoms with Gasteiger partial charge in [-0.05, 0) is 48.5 Å². The van der Waals surface area contributed by atoms with Gasteiger partial charge in [0.15, 0.2) is 0 Å². The summed E-state index contributed by atoms with van der Waals surface area (Å²) in [5.74, 6) is 0. The van der Waals surface area contributed by atoms with Crippen LogP contribution in [0.1, 0.15) is 5.56 Å². The molecule has 0 unspecified atom stereocenters. The van der Waals surface area contributed by atoms with Crippen molar-refractivity contribution in [2.75, 3.05) is 5.32 Å². The minimum absolute atomic E-state index is 0.439. The Bertz CT molecular complexity index is 474. The van der Waals surface area contributed by atoms with Crippen molar-refractivity contribution >= 4 is 17.1 Å². The summed E-state index contributed by atoms with van der Waals surface area (Å²) in [6.45, 7) is 2.05. The van der Waals surface area contributed by atoms with Crippen LogP contribution in [0.15, 0.2) is 53.7 Å². The molecule has 0 aliphatic carbocycles. The second-order valence-corrected chi connectivity index (χ2v) is 3.63. The van der Waals surface area contributed by atoms with Crippen LogP contribution in [0.4, 0.5) is 17.1 Å². The number of hydrogen-bond donors (Lipinski definition) is 1. The summed E-state index contributed by atoms with van der Waals surface area (Å²) in [5, 5.41) is 6.09. The number of hydrogen-bond acceptors (Lipinski definition) is 3. The molecule has 0 aliphatic heterocycles. The van der Waals surface area contributed by atoms with Gasteiger partial charge in [0.05, 0.1) is 0 Å². The van der Waals surface area contributed by atoms with E-state index in [0.717, 1.165) is 11.4 Å². The molecule has 0 saturated heterocycles. The van der Waals surface area contributed by atoms with E-state index < -0.39 is 0 Å². The van der Waals surface area contributed by atoms with Crippen LogP contribution in [0, 0.1) is 11.8 Å². The van der Waals surface area contributed by atoms with Gasteiger partial charge in [0, 0.05) is 11.4 Å². The maximum absolute atomic E-state index is 10.2. The molecule has 0 bridgehead atoms. The van der Waals surface area contributed by atoms with Crippen LogP contribution >= 0.6 is 0 Å². The maximum atomic E-state index is 10.2. The fraction of sp³-hybridized carbons (Fsp3) is 0.0769. The number of rotatable bonds is 3. The molecule has 1 N–H and O–H groups in total. The van der Waals surface area contributed by atoms with Gasteiger partial charge in [0.2, 0.25) is 0 Å². The first kappa shape index (κ1) is 10.4. The van der Waals surface area contributed by atoms with Gasteiger partial charge >= 0.3 is 0 Å². The Balaban J connectivity index is 2.14. The first-order chi connectivity index (χ1) is 7.78. The Kier molecular flexibility index (Phi) is 2.96. The van der Waals surface area contributed by atoms with E-state index in [1.165, 1.54) is 5.56 Å². The van der Waals surface area contributed by atoms with Gasteiger partial charge in [0.1, 0.15) is 5.69 Å². The second kappa shape index (κ2) is 4.57. The SMILES string of the molecule is Cc1ccc(Nc2ccc(N=O)cc2)cc1. The van der Waals surface area contributed by atoms with E-state index >= 15 is 0 Å². The summed E-state index contributed by atoms with van der Waals surface area (Å²) < 4.78 is 0. The highest BCUT2D eigenvalue weighted by Gasteiger charge is 1.95. The van der Waals surface area contributed by atoms with E-state index in [1.54, 1.807) is 12.1 Å². The van der Waals surface area contributed by atoms with Crippen molar-refractivity contribution in [2.45, 2.75) is 6.92 Å². The zero-order chi connectivity index (χ0) is 11.4. The number of nitrogens with one attached hydrogen (secondary N) is 1. The minimum Gasteiger partial charge on any atom is -0.356 e. The van der Waals surface area contributed by atoms with Crippen LogP contribution in [-0.4, -0.2) is 0 Å². The molecule has 16 heavy (non-hydrogen) atoms. The standard InChI is InChI=1S/C13H12N2O/c1-10-2-4-11(5-3-10)14-12-6-8-13(15-16)9-7-12/h2-9,14H,1H3. The Hall–Kier alpha value is -2.16. The zero-order valence-electron chi connectivity index (χ0n) is 8.97. The van der Waals surface area contributed by atoms with Gasteiger partial charge in [-0.2, -0.15) is 0 Å². The molecule has 0 aliphatic rings. The van der Waals surface area contributed by atoms with Gasteiger partial charge < -0.3 is 5.32 Å².